The van der Waals surface area contributed by atoms with Crippen LogP contribution >= 0.6 is 12.6 Å². The summed E-state index contributed by atoms with van der Waals surface area (Å²) in [7, 11) is 1.78. The number of thiol groups is 1. The Bertz CT molecular complexity index is 180. The fraction of sp³-hybridized carbons (Fsp3) is 1.00. The number of methoxy groups -OCH3 is 1. The molecular formula is C12H25NOS. The Balaban J connectivity index is 2.34. The Kier molecular flexibility index (Phi) is 5.44. The van der Waals surface area contributed by atoms with Crippen LogP contribution in [0.1, 0.15) is 26.7 Å². The van der Waals surface area contributed by atoms with E-state index in [-0.39, 0.29) is 0 Å². The molecule has 0 amide bonds. The van der Waals surface area contributed by atoms with E-state index in [0.717, 1.165) is 24.8 Å². The van der Waals surface area contributed by atoms with Crippen LogP contribution < -0.4 is 0 Å². The Labute approximate surface area is 99.8 Å². The summed E-state index contributed by atoms with van der Waals surface area (Å²) < 4.78 is 5.16. The number of hydrogen-bond acceptors (Lipinski definition) is 3. The molecule has 0 aromatic heterocycles. The molecule has 0 atom stereocenters. The summed E-state index contributed by atoms with van der Waals surface area (Å²) in [6.45, 7) is 8.84. The molecule has 0 spiro atoms. The van der Waals surface area contributed by atoms with Crippen molar-refractivity contribution in [2.45, 2.75) is 26.7 Å². The third-order valence-electron chi connectivity index (χ3n) is 3.09. The number of nitrogens with zero attached hydrogens (tertiary/aromatic N) is 1. The molecule has 1 rings (SSSR count). The molecule has 0 heterocycles. The molecule has 0 aromatic rings. The van der Waals surface area contributed by atoms with Gasteiger partial charge in [0.05, 0.1) is 6.61 Å². The summed E-state index contributed by atoms with van der Waals surface area (Å²) in [6, 6.07) is 0. The highest BCUT2D eigenvalue weighted by Crippen LogP contribution is 2.47. The average molecular weight is 231 g/mol. The van der Waals surface area contributed by atoms with Crippen molar-refractivity contribution < 1.29 is 4.74 Å². The van der Waals surface area contributed by atoms with Crippen LogP contribution in [-0.2, 0) is 4.74 Å². The van der Waals surface area contributed by atoms with Crippen LogP contribution in [0.5, 0.6) is 0 Å². The smallest absolute Gasteiger partial charge is 0.0589 e. The third kappa shape index (κ3) is 4.75. The molecule has 1 aliphatic carbocycles. The molecule has 0 radical (unpaired) electrons. The quantitative estimate of drug-likeness (QED) is 0.644. The maximum atomic E-state index is 5.16. The molecule has 0 N–H and O–H groups in total. The second-order valence-corrected chi connectivity index (χ2v) is 5.60. The van der Waals surface area contributed by atoms with Gasteiger partial charge in [-0.25, -0.2) is 0 Å². The second-order valence-electron chi connectivity index (χ2n) is 5.28. The second kappa shape index (κ2) is 6.12. The van der Waals surface area contributed by atoms with Crippen LogP contribution in [0.15, 0.2) is 0 Å². The zero-order valence-electron chi connectivity index (χ0n) is 10.3. The number of rotatable bonds is 8. The van der Waals surface area contributed by atoms with E-state index in [1.54, 1.807) is 7.11 Å². The van der Waals surface area contributed by atoms with Gasteiger partial charge in [0.1, 0.15) is 0 Å². The number of hydrogen-bond donors (Lipinski definition) is 1. The van der Waals surface area contributed by atoms with Crippen molar-refractivity contribution in [1.82, 2.24) is 4.90 Å². The molecule has 1 aliphatic rings. The van der Waals surface area contributed by atoms with E-state index >= 15 is 0 Å². The topological polar surface area (TPSA) is 12.5 Å². The molecular weight excluding hydrogens is 206 g/mol. The molecule has 1 saturated carbocycles. The molecule has 15 heavy (non-hydrogen) atoms. The molecule has 3 heteroatoms. The van der Waals surface area contributed by atoms with Gasteiger partial charge in [-0.2, -0.15) is 12.6 Å². The van der Waals surface area contributed by atoms with Crippen molar-refractivity contribution >= 4 is 12.6 Å². The zero-order valence-corrected chi connectivity index (χ0v) is 11.2. The van der Waals surface area contributed by atoms with E-state index in [1.807, 2.05) is 0 Å². The van der Waals surface area contributed by atoms with Gasteiger partial charge in [-0.15, -0.1) is 0 Å². The molecule has 0 aromatic carbocycles. The minimum absolute atomic E-state index is 0.533. The third-order valence-corrected chi connectivity index (χ3v) is 3.76. The lowest BCUT2D eigenvalue weighted by atomic mass is 10.1. The average Bonchev–Trinajstić information content (AvgIpc) is 2.94. The van der Waals surface area contributed by atoms with Crippen molar-refractivity contribution in [2.24, 2.45) is 11.3 Å². The fourth-order valence-electron chi connectivity index (χ4n) is 1.99. The summed E-state index contributed by atoms with van der Waals surface area (Å²) in [6.07, 6.45) is 2.72. The van der Waals surface area contributed by atoms with Gasteiger partial charge in [-0.3, -0.25) is 0 Å². The summed E-state index contributed by atoms with van der Waals surface area (Å²) in [4.78, 5) is 2.54. The van der Waals surface area contributed by atoms with Crippen molar-refractivity contribution in [3.8, 4) is 0 Å². The van der Waals surface area contributed by atoms with E-state index in [2.05, 4.69) is 31.4 Å². The molecule has 1 fully saturated rings. The van der Waals surface area contributed by atoms with Gasteiger partial charge >= 0.3 is 0 Å². The van der Waals surface area contributed by atoms with Crippen LogP contribution in [0.2, 0.25) is 0 Å². The predicted molar refractivity (Wildman–Crippen MR) is 68.7 cm³/mol. The first kappa shape index (κ1) is 13.3. The SMILES string of the molecule is COCCN(CC(C)C)CC1(CS)CC1. The lowest BCUT2D eigenvalue weighted by molar-refractivity contribution is 0.127. The normalized spacial score (nSPS) is 18.8. The van der Waals surface area contributed by atoms with Crippen molar-refractivity contribution in [1.29, 1.82) is 0 Å². The van der Waals surface area contributed by atoms with Crippen molar-refractivity contribution in [3.63, 3.8) is 0 Å². The van der Waals surface area contributed by atoms with E-state index in [1.165, 1.54) is 25.9 Å². The lowest BCUT2D eigenvalue weighted by Crippen LogP contribution is -2.36. The summed E-state index contributed by atoms with van der Waals surface area (Å²) in [5.41, 5.74) is 0.533. The first-order chi connectivity index (χ1) is 7.12. The van der Waals surface area contributed by atoms with E-state index in [0.29, 0.717) is 5.41 Å². The maximum Gasteiger partial charge on any atom is 0.0589 e. The minimum atomic E-state index is 0.533. The van der Waals surface area contributed by atoms with E-state index < -0.39 is 0 Å². The van der Waals surface area contributed by atoms with Gasteiger partial charge in [0.2, 0.25) is 0 Å². The molecule has 90 valence electrons. The lowest BCUT2D eigenvalue weighted by Gasteiger charge is -2.28. The monoisotopic (exact) mass is 231 g/mol. The van der Waals surface area contributed by atoms with Crippen LogP contribution in [0.3, 0.4) is 0 Å². The highest BCUT2D eigenvalue weighted by molar-refractivity contribution is 7.80. The maximum absolute atomic E-state index is 5.16. The molecule has 0 bridgehead atoms. The Hall–Kier alpha value is 0.270. The van der Waals surface area contributed by atoms with Gasteiger partial charge in [-0.1, -0.05) is 13.8 Å². The van der Waals surface area contributed by atoms with Crippen LogP contribution in [-0.4, -0.2) is 44.0 Å². The highest BCUT2D eigenvalue weighted by atomic mass is 32.1. The van der Waals surface area contributed by atoms with Crippen LogP contribution in [0, 0.1) is 11.3 Å². The summed E-state index contributed by atoms with van der Waals surface area (Å²) >= 11 is 4.46. The Morgan fingerprint density at radius 3 is 2.47 bits per heavy atom. The largest absolute Gasteiger partial charge is 0.383 e. The van der Waals surface area contributed by atoms with Crippen LogP contribution in [0.25, 0.3) is 0 Å². The molecule has 0 saturated heterocycles. The van der Waals surface area contributed by atoms with E-state index in [9.17, 15) is 0 Å². The zero-order chi connectivity index (χ0) is 11.3. The van der Waals surface area contributed by atoms with Gasteiger partial charge < -0.3 is 9.64 Å². The van der Waals surface area contributed by atoms with E-state index in [4.69, 9.17) is 4.74 Å². The Morgan fingerprint density at radius 2 is 2.07 bits per heavy atom. The summed E-state index contributed by atoms with van der Waals surface area (Å²) in [5, 5.41) is 0. The molecule has 0 aliphatic heterocycles. The highest BCUT2D eigenvalue weighted by Gasteiger charge is 2.42. The first-order valence-electron chi connectivity index (χ1n) is 5.94. The van der Waals surface area contributed by atoms with Crippen LogP contribution in [0.4, 0.5) is 0 Å². The van der Waals surface area contributed by atoms with Gasteiger partial charge in [0, 0.05) is 26.7 Å². The predicted octanol–water partition coefficient (Wildman–Crippen LogP) is 2.30. The van der Waals surface area contributed by atoms with Crippen molar-refractivity contribution in [3.05, 3.63) is 0 Å². The Morgan fingerprint density at radius 1 is 1.40 bits per heavy atom. The molecule has 2 nitrogen and oxygen atoms in total. The number of ether oxygens (including phenoxy) is 1. The fourth-order valence-corrected chi connectivity index (χ4v) is 2.41. The molecule has 0 unspecified atom stereocenters. The van der Waals surface area contributed by atoms with Gasteiger partial charge in [0.15, 0.2) is 0 Å². The minimum Gasteiger partial charge on any atom is -0.383 e. The standard InChI is InChI=1S/C12H25NOS/c1-11(2)8-13(6-7-14-3)9-12(10-15)4-5-12/h11,15H,4-10H2,1-3H3. The first-order valence-corrected chi connectivity index (χ1v) is 6.57. The summed E-state index contributed by atoms with van der Waals surface area (Å²) in [5.74, 6) is 1.77. The van der Waals surface area contributed by atoms with Gasteiger partial charge in [0.25, 0.3) is 0 Å². The van der Waals surface area contributed by atoms with Crippen molar-refractivity contribution in [2.75, 3.05) is 39.1 Å². The van der Waals surface area contributed by atoms with Gasteiger partial charge in [-0.05, 0) is 29.9 Å².